The van der Waals surface area contributed by atoms with Crippen molar-refractivity contribution in [2.45, 2.75) is 6.92 Å². The van der Waals surface area contributed by atoms with E-state index in [9.17, 15) is 14.0 Å². The van der Waals surface area contributed by atoms with Crippen molar-refractivity contribution in [3.63, 3.8) is 0 Å². The number of thiazole rings is 1. The van der Waals surface area contributed by atoms with Crippen molar-refractivity contribution in [2.24, 2.45) is 0 Å². The molecule has 0 aliphatic carbocycles. The Balaban J connectivity index is 1.39. The highest BCUT2D eigenvalue weighted by atomic mass is 32.1. The minimum absolute atomic E-state index is 0.0451. The maximum atomic E-state index is 13.1. The molecule has 1 aliphatic heterocycles. The molecule has 0 atom stereocenters. The van der Waals surface area contributed by atoms with Gasteiger partial charge in [0.25, 0.3) is 0 Å². The lowest BCUT2D eigenvalue weighted by molar-refractivity contribution is -0.116. The van der Waals surface area contributed by atoms with Crippen LogP contribution in [0.2, 0.25) is 0 Å². The average Bonchev–Trinajstić information content (AvgIpc) is 3.29. The molecule has 1 N–H and O–H groups in total. The number of urea groups is 1. The monoisotopic (exact) mass is 410 g/mol. The highest BCUT2D eigenvalue weighted by Gasteiger charge is 2.30. The number of aryl methyl sites for hydroxylation is 1. The highest BCUT2D eigenvalue weighted by molar-refractivity contribution is 7.09. The molecule has 29 heavy (non-hydrogen) atoms. The predicted octanol–water partition coefficient (Wildman–Crippen LogP) is 4.14. The van der Waals surface area contributed by atoms with Crippen LogP contribution in [-0.2, 0) is 4.79 Å². The van der Waals surface area contributed by atoms with Crippen LogP contribution in [-0.4, -0.2) is 41.5 Å². The Labute approximate surface area is 171 Å². The number of anilines is 2. The Kier molecular flexibility index (Phi) is 5.26. The molecule has 3 amide bonds. The van der Waals surface area contributed by atoms with Gasteiger partial charge in [0.1, 0.15) is 12.4 Å². The fourth-order valence-electron chi connectivity index (χ4n) is 3.22. The molecule has 1 aliphatic rings. The van der Waals surface area contributed by atoms with Gasteiger partial charge in [-0.25, -0.2) is 14.2 Å². The lowest BCUT2D eigenvalue weighted by Gasteiger charge is -2.18. The van der Waals surface area contributed by atoms with E-state index in [1.807, 2.05) is 30.5 Å². The first-order valence-corrected chi connectivity index (χ1v) is 10.0. The number of rotatable bonds is 5. The zero-order valence-corrected chi connectivity index (χ0v) is 16.6. The quantitative estimate of drug-likeness (QED) is 0.688. The van der Waals surface area contributed by atoms with Crippen molar-refractivity contribution in [3.8, 4) is 11.3 Å². The van der Waals surface area contributed by atoms with E-state index in [2.05, 4.69) is 10.3 Å². The molecule has 0 saturated carbocycles. The highest BCUT2D eigenvalue weighted by Crippen LogP contribution is 2.24. The molecule has 0 spiro atoms. The fourth-order valence-corrected chi connectivity index (χ4v) is 3.84. The maximum absolute atomic E-state index is 13.1. The van der Waals surface area contributed by atoms with Gasteiger partial charge in [0.2, 0.25) is 5.91 Å². The van der Waals surface area contributed by atoms with Crippen molar-refractivity contribution in [1.29, 1.82) is 0 Å². The van der Waals surface area contributed by atoms with Gasteiger partial charge in [-0.3, -0.25) is 9.69 Å². The standard InChI is InChI=1S/C21H19FN4O2S/c1-14-23-19(13-29-14)15-3-2-4-17(11-15)24-20(27)12-25-9-10-26(21(25)28)18-7-5-16(22)6-8-18/h2-8,11,13H,9-10,12H2,1H3,(H,24,27). The Morgan fingerprint density at radius 1 is 1.21 bits per heavy atom. The molecule has 2 aromatic carbocycles. The van der Waals surface area contributed by atoms with Gasteiger partial charge in [0.15, 0.2) is 0 Å². The number of nitrogens with one attached hydrogen (secondary N) is 1. The third-order valence-electron chi connectivity index (χ3n) is 4.63. The summed E-state index contributed by atoms with van der Waals surface area (Å²) in [6.45, 7) is 2.79. The maximum Gasteiger partial charge on any atom is 0.325 e. The predicted molar refractivity (Wildman–Crippen MR) is 112 cm³/mol. The second-order valence-corrected chi connectivity index (χ2v) is 7.78. The number of aromatic nitrogens is 1. The minimum Gasteiger partial charge on any atom is -0.325 e. The van der Waals surface area contributed by atoms with Crippen molar-refractivity contribution in [2.75, 3.05) is 29.9 Å². The van der Waals surface area contributed by atoms with E-state index >= 15 is 0 Å². The van der Waals surface area contributed by atoms with Crippen LogP contribution in [0.4, 0.5) is 20.6 Å². The summed E-state index contributed by atoms with van der Waals surface area (Å²) in [6, 6.07) is 12.9. The Bertz CT molecular complexity index is 1050. The summed E-state index contributed by atoms with van der Waals surface area (Å²) in [5.74, 6) is -0.627. The number of carbonyl (C=O) groups excluding carboxylic acids is 2. The number of carbonyl (C=O) groups is 2. The fraction of sp³-hybridized carbons (Fsp3) is 0.190. The molecule has 1 aromatic heterocycles. The van der Waals surface area contributed by atoms with Gasteiger partial charge in [-0.05, 0) is 43.3 Å². The topological polar surface area (TPSA) is 65.5 Å². The van der Waals surface area contributed by atoms with E-state index in [4.69, 9.17) is 0 Å². The number of hydrogen-bond donors (Lipinski definition) is 1. The lowest BCUT2D eigenvalue weighted by Crippen LogP contribution is -2.37. The molecule has 3 aromatic rings. The van der Waals surface area contributed by atoms with Crippen molar-refractivity contribution in [1.82, 2.24) is 9.88 Å². The van der Waals surface area contributed by atoms with E-state index in [1.54, 1.807) is 29.5 Å². The molecule has 6 nitrogen and oxygen atoms in total. The molecule has 8 heteroatoms. The van der Waals surface area contributed by atoms with Gasteiger partial charge in [-0.2, -0.15) is 0 Å². The Morgan fingerprint density at radius 2 is 2.00 bits per heavy atom. The lowest BCUT2D eigenvalue weighted by atomic mass is 10.1. The summed E-state index contributed by atoms with van der Waals surface area (Å²) in [4.78, 5) is 32.5. The van der Waals surface area contributed by atoms with Crippen LogP contribution in [0.25, 0.3) is 11.3 Å². The SMILES string of the molecule is Cc1nc(-c2cccc(NC(=O)CN3CCN(c4ccc(F)cc4)C3=O)c2)cs1. The summed E-state index contributed by atoms with van der Waals surface area (Å²) in [6.07, 6.45) is 0. The summed E-state index contributed by atoms with van der Waals surface area (Å²) >= 11 is 1.57. The summed E-state index contributed by atoms with van der Waals surface area (Å²) in [5.41, 5.74) is 3.06. The van der Waals surface area contributed by atoms with Gasteiger partial charge >= 0.3 is 6.03 Å². The van der Waals surface area contributed by atoms with Crippen LogP contribution in [0.5, 0.6) is 0 Å². The molecule has 0 unspecified atom stereocenters. The van der Waals surface area contributed by atoms with Gasteiger partial charge in [-0.1, -0.05) is 12.1 Å². The molecular formula is C21H19FN4O2S. The summed E-state index contributed by atoms with van der Waals surface area (Å²) in [5, 5.41) is 5.80. The van der Waals surface area contributed by atoms with Crippen LogP contribution in [0.3, 0.4) is 0 Å². The zero-order chi connectivity index (χ0) is 20.4. The average molecular weight is 410 g/mol. The van der Waals surface area contributed by atoms with Crippen LogP contribution in [0.1, 0.15) is 5.01 Å². The zero-order valence-electron chi connectivity index (χ0n) is 15.8. The Morgan fingerprint density at radius 3 is 2.72 bits per heavy atom. The third-order valence-corrected chi connectivity index (χ3v) is 5.40. The molecule has 1 saturated heterocycles. The number of benzene rings is 2. The van der Waals surface area contributed by atoms with E-state index in [1.165, 1.54) is 21.9 Å². The number of hydrogen-bond acceptors (Lipinski definition) is 4. The Hall–Kier alpha value is -3.26. The molecule has 148 valence electrons. The molecule has 0 bridgehead atoms. The number of nitrogens with zero attached hydrogens (tertiary/aromatic N) is 3. The normalized spacial score (nSPS) is 13.8. The molecule has 0 radical (unpaired) electrons. The minimum atomic E-state index is -0.355. The van der Waals surface area contributed by atoms with Gasteiger partial charge in [0, 0.05) is 35.4 Å². The van der Waals surface area contributed by atoms with Crippen LogP contribution in [0, 0.1) is 12.7 Å². The first kappa shape index (κ1) is 19.1. The molecule has 1 fully saturated rings. The first-order chi connectivity index (χ1) is 14.0. The van der Waals surface area contributed by atoms with Gasteiger partial charge in [-0.15, -0.1) is 11.3 Å². The van der Waals surface area contributed by atoms with Crippen LogP contribution in [0.15, 0.2) is 53.9 Å². The van der Waals surface area contributed by atoms with E-state index < -0.39 is 0 Å². The second kappa shape index (κ2) is 8.00. The molecule has 2 heterocycles. The van der Waals surface area contributed by atoms with Crippen LogP contribution < -0.4 is 10.2 Å². The van der Waals surface area contributed by atoms with Gasteiger partial charge < -0.3 is 10.2 Å². The smallest absolute Gasteiger partial charge is 0.325 e. The van der Waals surface area contributed by atoms with E-state index in [-0.39, 0.29) is 24.3 Å². The molecular weight excluding hydrogens is 391 g/mol. The van der Waals surface area contributed by atoms with E-state index in [0.29, 0.717) is 24.5 Å². The van der Waals surface area contributed by atoms with Crippen molar-refractivity contribution >= 4 is 34.6 Å². The number of amides is 3. The third kappa shape index (κ3) is 4.27. The van der Waals surface area contributed by atoms with Crippen LogP contribution >= 0.6 is 11.3 Å². The summed E-state index contributed by atoms with van der Waals surface area (Å²) < 4.78 is 13.1. The number of halogens is 1. The largest absolute Gasteiger partial charge is 0.325 e. The molecule has 4 rings (SSSR count). The van der Waals surface area contributed by atoms with Gasteiger partial charge in [0.05, 0.1) is 10.7 Å². The van der Waals surface area contributed by atoms with Crippen molar-refractivity contribution in [3.05, 3.63) is 64.7 Å². The van der Waals surface area contributed by atoms with E-state index in [0.717, 1.165) is 16.3 Å². The van der Waals surface area contributed by atoms with Crippen molar-refractivity contribution < 1.29 is 14.0 Å². The first-order valence-electron chi connectivity index (χ1n) is 9.14. The summed E-state index contributed by atoms with van der Waals surface area (Å²) in [7, 11) is 0. The second-order valence-electron chi connectivity index (χ2n) is 6.71.